The van der Waals surface area contributed by atoms with Crippen LogP contribution in [0.15, 0.2) is 0 Å². The number of carbonyl (C=O) groups is 1. The van der Waals surface area contributed by atoms with Gasteiger partial charge in [-0.25, -0.2) is 0 Å². The largest absolute Gasteiger partial charge is 0.377 e. The molecule has 4 rings (SSSR count). The van der Waals surface area contributed by atoms with Gasteiger partial charge in [-0.2, -0.15) is 0 Å². The molecule has 0 aromatic carbocycles. The van der Waals surface area contributed by atoms with Gasteiger partial charge < -0.3 is 15.0 Å². The first-order chi connectivity index (χ1) is 10.6. The van der Waals surface area contributed by atoms with E-state index in [1.165, 1.54) is 37.0 Å². The molecule has 6 heteroatoms. The normalized spacial score (nSPS) is 32.0. The van der Waals surface area contributed by atoms with Gasteiger partial charge in [-0.3, -0.25) is 4.79 Å². The number of hydrogen-bond donors (Lipinski definition) is 2. The molecule has 22 heavy (non-hydrogen) atoms. The third-order valence-electron chi connectivity index (χ3n) is 5.85. The third-order valence-corrected chi connectivity index (χ3v) is 7.18. The number of amides is 1. The van der Waals surface area contributed by atoms with Crippen molar-refractivity contribution < 1.29 is 9.53 Å². The Morgan fingerprint density at radius 3 is 2.95 bits per heavy atom. The van der Waals surface area contributed by atoms with Gasteiger partial charge in [-0.05, 0) is 38.4 Å². The zero-order chi connectivity index (χ0) is 15.3. The molecule has 0 bridgehead atoms. The second-order valence-electron chi connectivity index (χ2n) is 6.97. The van der Waals surface area contributed by atoms with Crippen LogP contribution in [0.3, 0.4) is 0 Å². The summed E-state index contributed by atoms with van der Waals surface area (Å²) in [6, 6.07) is 0.321. The number of aryl methyl sites for hydroxylation is 1. The lowest BCUT2D eigenvalue weighted by atomic mass is 9.54. The summed E-state index contributed by atoms with van der Waals surface area (Å²) in [6.07, 6.45) is 6.90. The highest BCUT2D eigenvalue weighted by atomic mass is 32.1. The Hall–Kier alpha value is -0.720. The molecule has 0 unspecified atom stereocenters. The van der Waals surface area contributed by atoms with E-state index >= 15 is 0 Å². The van der Waals surface area contributed by atoms with Crippen LogP contribution >= 0.6 is 23.6 Å². The van der Waals surface area contributed by atoms with Crippen LogP contribution < -0.4 is 5.32 Å². The molecule has 1 aromatic rings. The van der Waals surface area contributed by atoms with Crippen LogP contribution in [-0.4, -0.2) is 29.6 Å². The summed E-state index contributed by atoms with van der Waals surface area (Å²) >= 11 is 6.67. The highest BCUT2D eigenvalue weighted by Gasteiger charge is 2.65. The number of thiazole rings is 1. The Morgan fingerprint density at radius 1 is 1.50 bits per heavy atom. The smallest absolute Gasteiger partial charge is 0.225 e. The summed E-state index contributed by atoms with van der Waals surface area (Å²) in [7, 11) is 0. The first-order valence-electron chi connectivity index (χ1n) is 8.20. The molecule has 3 aliphatic rings. The van der Waals surface area contributed by atoms with E-state index in [1.807, 2.05) is 6.92 Å². The lowest BCUT2D eigenvalue weighted by molar-refractivity contribution is -0.145. The molecule has 2 saturated carbocycles. The minimum atomic E-state index is 0.134. The van der Waals surface area contributed by atoms with E-state index in [4.69, 9.17) is 17.0 Å². The van der Waals surface area contributed by atoms with E-state index in [0.29, 0.717) is 24.5 Å². The lowest BCUT2D eigenvalue weighted by Crippen LogP contribution is -2.68. The molecule has 1 aliphatic heterocycles. The number of H-pyrrole nitrogens is 1. The Balaban J connectivity index is 1.47. The van der Waals surface area contributed by atoms with Gasteiger partial charge in [0, 0.05) is 34.6 Å². The number of aromatic amines is 1. The Labute approximate surface area is 139 Å². The van der Waals surface area contributed by atoms with E-state index in [2.05, 4.69) is 10.3 Å². The van der Waals surface area contributed by atoms with Gasteiger partial charge in [0.25, 0.3) is 0 Å². The molecule has 2 heterocycles. The maximum absolute atomic E-state index is 12.5. The van der Waals surface area contributed by atoms with Gasteiger partial charge in [0.2, 0.25) is 5.91 Å². The second-order valence-corrected chi connectivity index (χ2v) is 8.74. The molecular formula is C16H22N2O2S2. The minimum Gasteiger partial charge on any atom is -0.377 e. The van der Waals surface area contributed by atoms with Crippen molar-refractivity contribution in [1.82, 2.24) is 10.3 Å². The van der Waals surface area contributed by atoms with Gasteiger partial charge in [0.15, 0.2) is 3.95 Å². The van der Waals surface area contributed by atoms with Gasteiger partial charge in [-0.1, -0.05) is 12.8 Å². The maximum Gasteiger partial charge on any atom is 0.225 e. The van der Waals surface area contributed by atoms with Crippen molar-refractivity contribution in [3.05, 3.63) is 14.5 Å². The number of ether oxygens (including phenoxy) is 1. The van der Waals surface area contributed by atoms with Crippen LogP contribution in [-0.2, 0) is 16.0 Å². The molecule has 2 N–H and O–H groups in total. The minimum absolute atomic E-state index is 0.134. The van der Waals surface area contributed by atoms with Crippen molar-refractivity contribution in [2.75, 3.05) is 6.61 Å². The predicted octanol–water partition coefficient (Wildman–Crippen LogP) is 3.12. The summed E-state index contributed by atoms with van der Waals surface area (Å²) < 4.78 is 6.72. The number of hydrogen-bond acceptors (Lipinski definition) is 4. The topological polar surface area (TPSA) is 54.1 Å². The van der Waals surface area contributed by atoms with Crippen molar-refractivity contribution in [1.29, 1.82) is 0 Å². The van der Waals surface area contributed by atoms with Crippen LogP contribution in [0.1, 0.15) is 42.7 Å². The molecule has 120 valence electrons. The van der Waals surface area contributed by atoms with E-state index in [1.54, 1.807) is 0 Å². The van der Waals surface area contributed by atoms with E-state index in [-0.39, 0.29) is 11.3 Å². The monoisotopic (exact) mass is 338 g/mol. The summed E-state index contributed by atoms with van der Waals surface area (Å²) in [5.41, 5.74) is 1.26. The van der Waals surface area contributed by atoms with Gasteiger partial charge >= 0.3 is 0 Å². The first kappa shape index (κ1) is 14.8. The molecule has 0 radical (unpaired) electrons. The van der Waals surface area contributed by atoms with Crippen LogP contribution in [0.4, 0.5) is 0 Å². The van der Waals surface area contributed by atoms with Crippen LogP contribution in [0.2, 0.25) is 0 Å². The summed E-state index contributed by atoms with van der Waals surface area (Å²) in [4.78, 5) is 16.7. The SMILES string of the molecule is Cc1[nH]c(=S)sc1CC(=O)N[C@@H]1[C@@H]2CCO[C@H]2C12CCCC2. The molecule has 1 saturated heterocycles. The van der Waals surface area contributed by atoms with Crippen molar-refractivity contribution in [3.63, 3.8) is 0 Å². The van der Waals surface area contributed by atoms with Crippen molar-refractivity contribution in [3.8, 4) is 0 Å². The summed E-state index contributed by atoms with van der Waals surface area (Å²) in [5, 5.41) is 3.35. The third kappa shape index (κ3) is 2.19. The first-order valence-corrected chi connectivity index (χ1v) is 9.42. The van der Waals surface area contributed by atoms with Crippen molar-refractivity contribution in [2.24, 2.45) is 11.3 Å². The summed E-state index contributed by atoms with van der Waals surface area (Å²) in [6.45, 7) is 2.85. The number of rotatable bonds is 3. The highest BCUT2D eigenvalue weighted by molar-refractivity contribution is 7.73. The predicted molar refractivity (Wildman–Crippen MR) is 88.6 cm³/mol. The number of carbonyl (C=O) groups excluding carboxylic acids is 1. The molecule has 3 fully saturated rings. The average Bonchev–Trinajstić information content (AvgIpc) is 3.16. The van der Waals surface area contributed by atoms with Gasteiger partial charge in [0.1, 0.15) is 0 Å². The molecular weight excluding hydrogens is 316 g/mol. The fraction of sp³-hybridized carbons (Fsp3) is 0.750. The number of nitrogens with one attached hydrogen (secondary N) is 2. The van der Waals surface area contributed by atoms with Crippen molar-refractivity contribution in [2.45, 2.75) is 57.6 Å². The zero-order valence-corrected chi connectivity index (χ0v) is 14.4. The highest BCUT2D eigenvalue weighted by Crippen LogP contribution is 2.60. The van der Waals surface area contributed by atoms with Crippen LogP contribution in [0.25, 0.3) is 0 Å². The quantitative estimate of drug-likeness (QED) is 0.833. The van der Waals surface area contributed by atoms with E-state index in [9.17, 15) is 4.79 Å². The molecule has 1 spiro atoms. The maximum atomic E-state index is 12.5. The zero-order valence-electron chi connectivity index (χ0n) is 12.8. The fourth-order valence-corrected chi connectivity index (χ4v) is 6.17. The average molecular weight is 338 g/mol. The van der Waals surface area contributed by atoms with Gasteiger partial charge in [-0.15, -0.1) is 11.3 Å². The molecule has 2 aliphatic carbocycles. The standard InChI is InChI=1S/C16H22N2O2S2/c1-9-11(22-15(21)17-9)8-12(19)18-13-10-4-7-20-14(10)16(13)5-2-3-6-16/h10,13-14H,2-8H2,1H3,(H,17,21)(H,18,19)/t10-,13+,14+/m0/s1. The van der Waals surface area contributed by atoms with E-state index in [0.717, 1.165) is 27.6 Å². The molecule has 3 atom stereocenters. The lowest BCUT2D eigenvalue weighted by Gasteiger charge is -2.56. The van der Waals surface area contributed by atoms with Gasteiger partial charge in [0.05, 0.1) is 12.5 Å². The van der Waals surface area contributed by atoms with Crippen molar-refractivity contribution >= 4 is 29.5 Å². The Morgan fingerprint density at radius 2 is 2.27 bits per heavy atom. The number of fused-ring (bicyclic) bond motifs is 2. The summed E-state index contributed by atoms with van der Waals surface area (Å²) in [5.74, 6) is 0.669. The Bertz CT molecular complexity index is 645. The molecule has 1 amide bonds. The fourth-order valence-electron chi connectivity index (χ4n) is 4.88. The van der Waals surface area contributed by atoms with Crippen LogP contribution in [0.5, 0.6) is 0 Å². The number of aromatic nitrogens is 1. The molecule has 4 nitrogen and oxygen atoms in total. The van der Waals surface area contributed by atoms with E-state index < -0.39 is 0 Å². The van der Waals surface area contributed by atoms with Crippen LogP contribution in [0, 0.1) is 22.2 Å². The second kappa shape index (κ2) is 5.42. The Kier molecular flexibility index (Phi) is 3.66. The molecule has 1 aromatic heterocycles.